The van der Waals surface area contributed by atoms with Gasteiger partial charge in [0.25, 0.3) is 0 Å². The summed E-state index contributed by atoms with van der Waals surface area (Å²) >= 11 is 0. The summed E-state index contributed by atoms with van der Waals surface area (Å²) in [6, 6.07) is 8.56. The highest BCUT2D eigenvalue weighted by atomic mass is 32.2. The van der Waals surface area contributed by atoms with Gasteiger partial charge < -0.3 is 5.11 Å². The second-order valence-corrected chi connectivity index (χ2v) is 6.92. The van der Waals surface area contributed by atoms with E-state index in [1.54, 1.807) is 37.3 Å². The van der Waals surface area contributed by atoms with Gasteiger partial charge >= 0.3 is 0 Å². The second kappa shape index (κ2) is 7.73. The summed E-state index contributed by atoms with van der Waals surface area (Å²) < 4.78 is 26.6. The smallest absolute Gasteiger partial charge is 0.240 e. The maximum absolute atomic E-state index is 12.0. The maximum atomic E-state index is 12.0. The first-order chi connectivity index (χ1) is 9.33. The summed E-state index contributed by atoms with van der Waals surface area (Å²) in [4.78, 5) is 2.31. The van der Waals surface area contributed by atoms with E-state index >= 15 is 0 Å². The van der Waals surface area contributed by atoms with Crippen LogP contribution < -0.4 is 4.72 Å². The molecule has 1 rings (SSSR count). The minimum Gasteiger partial charge on any atom is -0.392 e. The van der Waals surface area contributed by atoms with Gasteiger partial charge in [-0.1, -0.05) is 18.2 Å². The van der Waals surface area contributed by atoms with Crippen LogP contribution >= 0.6 is 0 Å². The molecular weight excluding hydrogens is 276 g/mol. The lowest BCUT2D eigenvalue weighted by Crippen LogP contribution is -2.41. The number of sulfonamides is 1. The van der Waals surface area contributed by atoms with Crippen LogP contribution in [0.15, 0.2) is 35.2 Å². The van der Waals surface area contributed by atoms with E-state index < -0.39 is 16.1 Å². The Morgan fingerprint density at radius 1 is 1.20 bits per heavy atom. The zero-order chi connectivity index (χ0) is 15.2. The molecule has 1 unspecified atom stereocenters. The van der Waals surface area contributed by atoms with Gasteiger partial charge in [-0.2, -0.15) is 0 Å². The highest BCUT2D eigenvalue weighted by molar-refractivity contribution is 7.89. The van der Waals surface area contributed by atoms with Crippen LogP contribution in [0.2, 0.25) is 0 Å². The normalized spacial score (nSPS) is 13.9. The average molecular weight is 300 g/mol. The molecule has 20 heavy (non-hydrogen) atoms. The van der Waals surface area contributed by atoms with Gasteiger partial charge in [0.05, 0.1) is 11.0 Å². The lowest BCUT2D eigenvalue weighted by molar-refractivity contribution is 0.109. The van der Waals surface area contributed by atoms with Gasteiger partial charge in [0.1, 0.15) is 0 Å². The quantitative estimate of drug-likeness (QED) is 0.753. The minimum atomic E-state index is -3.45. The topological polar surface area (TPSA) is 69.6 Å². The van der Waals surface area contributed by atoms with Gasteiger partial charge in [-0.15, -0.1) is 0 Å². The Morgan fingerprint density at radius 2 is 1.80 bits per heavy atom. The Labute approximate surface area is 121 Å². The fourth-order valence-electron chi connectivity index (χ4n) is 1.91. The van der Waals surface area contributed by atoms with Gasteiger partial charge in [0.15, 0.2) is 0 Å². The molecule has 1 aromatic rings. The van der Waals surface area contributed by atoms with E-state index in [2.05, 4.69) is 4.72 Å². The van der Waals surface area contributed by atoms with Crippen molar-refractivity contribution in [3.05, 3.63) is 30.3 Å². The second-order valence-electron chi connectivity index (χ2n) is 5.15. The van der Waals surface area contributed by atoms with Crippen molar-refractivity contribution in [1.82, 2.24) is 9.62 Å². The number of hydrogen-bond acceptors (Lipinski definition) is 4. The van der Waals surface area contributed by atoms with E-state index in [9.17, 15) is 13.5 Å². The third-order valence-corrected chi connectivity index (χ3v) is 4.45. The average Bonchev–Trinajstić information content (AvgIpc) is 2.38. The first-order valence-corrected chi connectivity index (χ1v) is 8.28. The number of rotatable bonds is 8. The molecule has 0 saturated carbocycles. The molecule has 0 fully saturated rings. The van der Waals surface area contributed by atoms with E-state index in [4.69, 9.17) is 0 Å². The number of benzene rings is 1. The molecule has 114 valence electrons. The Bertz CT molecular complexity index is 486. The Balaban J connectivity index is 2.54. The predicted molar refractivity (Wildman–Crippen MR) is 80.0 cm³/mol. The van der Waals surface area contributed by atoms with Crippen LogP contribution in [-0.4, -0.2) is 50.2 Å². The van der Waals surface area contributed by atoms with Gasteiger partial charge in [-0.3, -0.25) is 4.90 Å². The number of aliphatic hydroxyl groups is 1. The van der Waals surface area contributed by atoms with Crippen molar-refractivity contribution < 1.29 is 13.5 Å². The molecule has 0 radical (unpaired) electrons. The van der Waals surface area contributed by atoms with E-state index in [1.165, 1.54) is 0 Å². The molecule has 0 bridgehead atoms. The van der Waals surface area contributed by atoms with E-state index in [0.29, 0.717) is 19.6 Å². The zero-order valence-electron chi connectivity index (χ0n) is 12.3. The Hall–Kier alpha value is -0.950. The Morgan fingerprint density at radius 3 is 2.30 bits per heavy atom. The van der Waals surface area contributed by atoms with Crippen molar-refractivity contribution in [1.29, 1.82) is 0 Å². The van der Waals surface area contributed by atoms with Gasteiger partial charge in [-0.25, -0.2) is 13.1 Å². The molecule has 1 atom stereocenters. The van der Waals surface area contributed by atoms with Gasteiger partial charge in [0.2, 0.25) is 10.0 Å². The number of hydrogen-bond donors (Lipinski definition) is 2. The first kappa shape index (κ1) is 17.1. The van der Waals surface area contributed by atoms with Crippen LogP contribution in [0.4, 0.5) is 0 Å². The van der Waals surface area contributed by atoms with E-state index in [0.717, 1.165) is 0 Å². The van der Waals surface area contributed by atoms with Crippen LogP contribution in [-0.2, 0) is 10.0 Å². The van der Waals surface area contributed by atoms with Crippen LogP contribution in [0.1, 0.15) is 20.8 Å². The summed E-state index contributed by atoms with van der Waals surface area (Å²) in [5.41, 5.74) is 0. The molecule has 2 N–H and O–H groups in total. The molecule has 0 aliphatic heterocycles. The van der Waals surface area contributed by atoms with Gasteiger partial charge in [0, 0.05) is 25.7 Å². The van der Waals surface area contributed by atoms with Crippen LogP contribution in [0.5, 0.6) is 0 Å². The predicted octanol–water partition coefficient (Wildman–Crippen LogP) is 1.06. The largest absolute Gasteiger partial charge is 0.392 e. The highest BCUT2D eigenvalue weighted by Gasteiger charge is 2.15. The Kier molecular flexibility index (Phi) is 6.61. The van der Waals surface area contributed by atoms with Crippen LogP contribution in [0, 0.1) is 0 Å². The van der Waals surface area contributed by atoms with E-state index in [-0.39, 0.29) is 10.9 Å². The summed E-state index contributed by atoms with van der Waals surface area (Å²) in [6.07, 6.45) is -0.428. The summed E-state index contributed by atoms with van der Waals surface area (Å²) in [7, 11) is -3.45. The number of nitrogens with zero attached hydrogens (tertiary/aromatic N) is 1. The van der Waals surface area contributed by atoms with Gasteiger partial charge in [-0.05, 0) is 32.9 Å². The fourth-order valence-corrected chi connectivity index (χ4v) is 2.95. The molecule has 5 nitrogen and oxygen atoms in total. The molecular formula is C14H24N2O3S. The third-order valence-electron chi connectivity index (χ3n) is 2.97. The van der Waals surface area contributed by atoms with Crippen LogP contribution in [0.25, 0.3) is 0 Å². The standard InChI is InChI=1S/C14H24N2O3S/c1-12(2)16(11-13(3)17)10-9-15-20(18,19)14-7-5-4-6-8-14/h4-8,12-13,15,17H,9-11H2,1-3H3. The maximum Gasteiger partial charge on any atom is 0.240 e. The molecule has 0 spiro atoms. The van der Waals surface area contributed by atoms with Crippen LogP contribution in [0.3, 0.4) is 0 Å². The highest BCUT2D eigenvalue weighted by Crippen LogP contribution is 2.07. The SMILES string of the molecule is CC(O)CN(CCNS(=O)(=O)c1ccccc1)C(C)C. The lowest BCUT2D eigenvalue weighted by Gasteiger charge is -2.27. The molecule has 0 heterocycles. The van der Waals surface area contributed by atoms with E-state index in [1.807, 2.05) is 18.7 Å². The molecule has 6 heteroatoms. The molecule has 0 aromatic heterocycles. The van der Waals surface area contributed by atoms with Crippen molar-refractivity contribution in [2.75, 3.05) is 19.6 Å². The summed E-state index contributed by atoms with van der Waals surface area (Å²) in [5, 5.41) is 9.43. The number of nitrogens with one attached hydrogen (secondary N) is 1. The molecule has 1 aromatic carbocycles. The molecule has 0 aliphatic rings. The third kappa shape index (κ3) is 5.58. The lowest BCUT2D eigenvalue weighted by atomic mass is 10.2. The minimum absolute atomic E-state index is 0.255. The van der Waals surface area contributed by atoms with Crippen molar-refractivity contribution in [3.63, 3.8) is 0 Å². The zero-order valence-corrected chi connectivity index (χ0v) is 13.1. The molecule has 0 saturated heterocycles. The fraction of sp³-hybridized carbons (Fsp3) is 0.571. The summed E-state index contributed by atoms with van der Waals surface area (Å²) in [6.45, 7) is 7.19. The van der Waals surface area contributed by atoms with Crippen molar-refractivity contribution in [2.45, 2.75) is 37.8 Å². The van der Waals surface area contributed by atoms with Crippen molar-refractivity contribution in [2.24, 2.45) is 0 Å². The number of aliphatic hydroxyl groups excluding tert-OH is 1. The van der Waals surface area contributed by atoms with Crippen molar-refractivity contribution in [3.8, 4) is 0 Å². The monoisotopic (exact) mass is 300 g/mol. The van der Waals surface area contributed by atoms with Crippen molar-refractivity contribution >= 4 is 10.0 Å². The first-order valence-electron chi connectivity index (χ1n) is 6.79. The molecule has 0 aliphatic carbocycles. The molecule has 0 amide bonds. The summed E-state index contributed by atoms with van der Waals surface area (Å²) in [5.74, 6) is 0.